The lowest BCUT2D eigenvalue weighted by Gasteiger charge is -2.43. The molecule has 1 saturated heterocycles. The zero-order valence-electron chi connectivity index (χ0n) is 12.8. The minimum atomic E-state index is -0.600. The van der Waals surface area contributed by atoms with Crippen molar-refractivity contribution in [3.8, 4) is 0 Å². The van der Waals surface area contributed by atoms with Crippen molar-refractivity contribution in [2.45, 2.75) is 38.1 Å². The van der Waals surface area contributed by atoms with E-state index in [1.54, 1.807) is 4.90 Å². The third-order valence-corrected chi connectivity index (χ3v) is 4.33. The van der Waals surface area contributed by atoms with Gasteiger partial charge in [0.25, 0.3) is 0 Å². The zero-order valence-corrected chi connectivity index (χ0v) is 12.8. The molecule has 1 heterocycles. The molecule has 1 aliphatic carbocycles. The quantitative estimate of drug-likeness (QED) is 0.603. The van der Waals surface area contributed by atoms with Crippen LogP contribution in [0, 0.1) is 5.92 Å². The monoisotopic (exact) mass is 292 g/mol. The number of carbonyl (C=O) groups is 2. The molecule has 2 rings (SSSR count). The Kier molecular flexibility index (Phi) is 5.04. The standard InChI is InChI=1S/C16H24N2O3/c1-3-4-6-9-16(18-12-11-17-15(18)20)10-7-5-8-13(16)14(19)21-2/h5,7-8,10,13H,3-4,6,9,11-12H2,1-2H3,(H,17,20). The second kappa shape index (κ2) is 6.78. The number of ether oxygens (including phenoxy) is 1. The Labute approximate surface area is 126 Å². The van der Waals surface area contributed by atoms with Crippen molar-refractivity contribution < 1.29 is 14.3 Å². The molecule has 0 aromatic rings. The van der Waals surface area contributed by atoms with E-state index in [1.165, 1.54) is 7.11 Å². The zero-order chi connectivity index (χ0) is 15.3. The molecule has 2 atom stereocenters. The molecule has 1 N–H and O–H groups in total. The van der Waals surface area contributed by atoms with Gasteiger partial charge < -0.3 is 15.0 Å². The van der Waals surface area contributed by atoms with Gasteiger partial charge in [-0.15, -0.1) is 0 Å². The summed E-state index contributed by atoms with van der Waals surface area (Å²) in [6.45, 7) is 3.39. The summed E-state index contributed by atoms with van der Waals surface area (Å²) in [5.41, 5.74) is -0.600. The summed E-state index contributed by atoms with van der Waals surface area (Å²) in [4.78, 5) is 26.2. The Morgan fingerprint density at radius 1 is 1.48 bits per heavy atom. The maximum absolute atomic E-state index is 12.2. The molecule has 1 fully saturated rings. The van der Waals surface area contributed by atoms with Gasteiger partial charge in [0.15, 0.2) is 0 Å². The Bertz CT molecular complexity index is 458. The molecule has 0 aromatic carbocycles. The summed E-state index contributed by atoms with van der Waals surface area (Å²) in [5, 5.41) is 2.84. The fourth-order valence-electron chi connectivity index (χ4n) is 3.24. The van der Waals surface area contributed by atoms with Gasteiger partial charge >= 0.3 is 12.0 Å². The number of hydrogen-bond acceptors (Lipinski definition) is 3. The number of urea groups is 1. The van der Waals surface area contributed by atoms with Crippen LogP contribution in [0.2, 0.25) is 0 Å². The van der Waals surface area contributed by atoms with E-state index >= 15 is 0 Å². The van der Waals surface area contributed by atoms with Crippen LogP contribution < -0.4 is 5.32 Å². The van der Waals surface area contributed by atoms with Gasteiger partial charge in [0.2, 0.25) is 0 Å². The van der Waals surface area contributed by atoms with Crippen LogP contribution >= 0.6 is 0 Å². The van der Waals surface area contributed by atoms with Crippen LogP contribution in [0.5, 0.6) is 0 Å². The summed E-state index contributed by atoms with van der Waals surface area (Å²) in [5.74, 6) is -0.722. The van der Waals surface area contributed by atoms with E-state index in [0.717, 1.165) is 25.7 Å². The van der Waals surface area contributed by atoms with Crippen LogP contribution in [-0.4, -0.2) is 42.6 Å². The second-order valence-corrected chi connectivity index (χ2v) is 5.58. The first-order valence-electron chi connectivity index (χ1n) is 7.65. The van der Waals surface area contributed by atoms with E-state index < -0.39 is 11.5 Å². The molecule has 0 aromatic heterocycles. The third-order valence-electron chi connectivity index (χ3n) is 4.33. The average molecular weight is 292 g/mol. The number of rotatable bonds is 6. The highest BCUT2D eigenvalue weighted by atomic mass is 16.5. The van der Waals surface area contributed by atoms with Gasteiger partial charge in [-0.2, -0.15) is 0 Å². The molecular formula is C16H24N2O3. The number of amides is 2. The number of unbranched alkanes of at least 4 members (excludes halogenated alkanes) is 2. The van der Waals surface area contributed by atoms with Crippen molar-refractivity contribution >= 4 is 12.0 Å². The molecule has 116 valence electrons. The molecule has 0 saturated carbocycles. The summed E-state index contributed by atoms with van der Waals surface area (Å²) < 4.78 is 4.96. The number of nitrogens with zero attached hydrogens (tertiary/aromatic N) is 1. The highest BCUT2D eigenvalue weighted by molar-refractivity contribution is 5.82. The SMILES string of the molecule is CCCCCC1(N2CCNC2=O)C=CC=CC1C(=O)OC. The van der Waals surface area contributed by atoms with Crippen LogP contribution in [0.15, 0.2) is 24.3 Å². The first-order chi connectivity index (χ1) is 10.2. The van der Waals surface area contributed by atoms with Crippen molar-refractivity contribution in [2.75, 3.05) is 20.2 Å². The van der Waals surface area contributed by atoms with Crippen LogP contribution in [0.3, 0.4) is 0 Å². The maximum atomic E-state index is 12.2. The van der Waals surface area contributed by atoms with Crippen LogP contribution in [0.4, 0.5) is 4.79 Å². The highest BCUT2D eigenvalue weighted by Crippen LogP contribution is 2.37. The largest absolute Gasteiger partial charge is 0.468 e. The number of allylic oxidation sites excluding steroid dienone is 2. The molecule has 5 heteroatoms. The number of hydrogen-bond donors (Lipinski definition) is 1. The van der Waals surface area contributed by atoms with Gasteiger partial charge in [-0.1, -0.05) is 50.5 Å². The van der Waals surface area contributed by atoms with Crippen LogP contribution in [-0.2, 0) is 9.53 Å². The lowest BCUT2D eigenvalue weighted by molar-refractivity contribution is -0.147. The van der Waals surface area contributed by atoms with Gasteiger partial charge in [0, 0.05) is 13.1 Å². The normalized spacial score (nSPS) is 27.8. The maximum Gasteiger partial charge on any atom is 0.318 e. The van der Waals surface area contributed by atoms with Crippen molar-refractivity contribution in [2.24, 2.45) is 5.92 Å². The molecule has 0 spiro atoms. The van der Waals surface area contributed by atoms with E-state index in [9.17, 15) is 9.59 Å². The summed E-state index contributed by atoms with van der Waals surface area (Å²) in [7, 11) is 1.40. The van der Waals surface area contributed by atoms with Gasteiger partial charge in [0.05, 0.1) is 12.6 Å². The van der Waals surface area contributed by atoms with Crippen LogP contribution in [0.25, 0.3) is 0 Å². The topological polar surface area (TPSA) is 58.6 Å². The molecule has 0 bridgehead atoms. The van der Waals surface area contributed by atoms with Gasteiger partial charge in [-0.25, -0.2) is 4.79 Å². The smallest absolute Gasteiger partial charge is 0.318 e. The molecule has 2 unspecified atom stereocenters. The molecule has 2 aliphatic rings. The summed E-state index contributed by atoms with van der Waals surface area (Å²) in [6, 6.07) is -0.0969. The average Bonchev–Trinajstić information content (AvgIpc) is 2.94. The number of methoxy groups -OCH3 is 1. The lowest BCUT2D eigenvalue weighted by Crippen LogP contribution is -2.56. The predicted octanol–water partition coefficient (Wildman–Crippen LogP) is 2.25. The molecule has 1 aliphatic heterocycles. The summed E-state index contributed by atoms with van der Waals surface area (Å²) in [6.07, 6.45) is 11.6. The second-order valence-electron chi connectivity index (χ2n) is 5.58. The van der Waals surface area contributed by atoms with Gasteiger partial charge in [-0.05, 0) is 6.42 Å². The molecular weight excluding hydrogens is 268 g/mol. The third kappa shape index (κ3) is 2.96. The number of nitrogens with one attached hydrogen (secondary N) is 1. The van der Waals surface area contributed by atoms with Crippen molar-refractivity contribution in [3.05, 3.63) is 24.3 Å². The Morgan fingerprint density at radius 2 is 2.29 bits per heavy atom. The molecule has 5 nitrogen and oxygen atoms in total. The highest BCUT2D eigenvalue weighted by Gasteiger charge is 2.48. The molecule has 2 amide bonds. The first-order valence-corrected chi connectivity index (χ1v) is 7.65. The first kappa shape index (κ1) is 15.6. The number of esters is 1. The van der Waals surface area contributed by atoms with Crippen molar-refractivity contribution in [3.63, 3.8) is 0 Å². The Morgan fingerprint density at radius 3 is 2.90 bits per heavy atom. The van der Waals surface area contributed by atoms with Crippen molar-refractivity contribution in [1.29, 1.82) is 0 Å². The molecule has 0 radical (unpaired) electrons. The van der Waals surface area contributed by atoms with E-state index in [-0.39, 0.29) is 12.0 Å². The van der Waals surface area contributed by atoms with Crippen LogP contribution in [0.1, 0.15) is 32.6 Å². The Hall–Kier alpha value is -1.78. The van der Waals surface area contributed by atoms with E-state index in [0.29, 0.717) is 13.1 Å². The predicted molar refractivity (Wildman–Crippen MR) is 80.8 cm³/mol. The van der Waals surface area contributed by atoms with Gasteiger partial charge in [-0.3, -0.25) is 4.79 Å². The lowest BCUT2D eigenvalue weighted by atomic mass is 9.75. The fraction of sp³-hybridized carbons (Fsp3) is 0.625. The minimum absolute atomic E-state index is 0.0969. The van der Waals surface area contributed by atoms with E-state index in [4.69, 9.17) is 4.74 Å². The minimum Gasteiger partial charge on any atom is -0.468 e. The summed E-state index contributed by atoms with van der Waals surface area (Å²) >= 11 is 0. The van der Waals surface area contributed by atoms with E-state index in [1.807, 2.05) is 24.3 Å². The number of carbonyl (C=O) groups excluding carboxylic acids is 2. The Balaban J connectivity index is 2.32. The van der Waals surface area contributed by atoms with E-state index in [2.05, 4.69) is 12.2 Å². The molecule has 21 heavy (non-hydrogen) atoms. The van der Waals surface area contributed by atoms with Crippen molar-refractivity contribution in [1.82, 2.24) is 10.2 Å². The van der Waals surface area contributed by atoms with Gasteiger partial charge in [0.1, 0.15) is 5.92 Å². The fourth-order valence-corrected chi connectivity index (χ4v) is 3.24.